The first-order valence-corrected chi connectivity index (χ1v) is 10.9. The zero-order chi connectivity index (χ0) is 21.6. The number of hydrogen-bond donors (Lipinski definition) is 1. The van der Waals surface area contributed by atoms with Crippen LogP contribution >= 0.6 is 11.6 Å². The van der Waals surface area contributed by atoms with E-state index in [0.717, 1.165) is 30.2 Å². The topological polar surface area (TPSA) is 67.3 Å². The number of anilines is 2. The lowest BCUT2D eigenvalue weighted by atomic mass is 10.1. The zero-order valence-corrected chi connectivity index (χ0v) is 18.2. The number of halogens is 1. The molecule has 0 radical (unpaired) electrons. The van der Waals surface area contributed by atoms with Gasteiger partial charge in [0.05, 0.1) is 10.7 Å². The third-order valence-electron chi connectivity index (χ3n) is 5.29. The van der Waals surface area contributed by atoms with E-state index >= 15 is 0 Å². The van der Waals surface area contributed by atoms with Gasteiger partial charge < -0.3 is 15.0 Å². The largest absolute Gasteiger partial charge is 0.479 e. The molecule has 0 saturated carbocycles. The fourth-order valence-electron chi connectivity index (χ4n) is 3.52. The van der Waals surface area contributed by atoms with E-state index in [1.54, 1.807) is 19.1 Å². The van der Waals surface area contributed by atoms with Crippen molar-refractivity contribution in [3.8, 4) is 17.0 Å². The van der Waals surface area contributed by atoms with E-state index in [1.807, 2.05) is 48.5 Å². The minimum Gasteiger partial charge on any atom is -0.479 e. The summed E-state index contributed by atoms with van der Waals surface area (Å²) in [6.07, 6.45) is 3.01. The second-order valence-electron chi connectivity index (χ2n) is 7.58. The molecular formula is C24H25ClN4O2. The minimum absolute atomic E-state index is 0.252. The summed E-state index contributed by atoms with van der Waals surface area (Å²) in [5, 5.41) is 12.1. The molecule has 1 amide bonds. The third kappa shape index (κ3) is 5.33. The molecule has 1 saturated heterocycles. The standard InChI is InChI=1S/C24H25ClN4O2/c1-17(31-22-8-4-3-7-20(22)25)24(30)26-19-11-9-18(10-12-19)21-13-14-23(28-27-21)29-15-5-2-6-16-29/h3-4,7-14,17H,2,5-6,15-16H2,1H3,(H,26,30). The number of para-hydroxylation sites is 1. The van der Waals surface area contributed by atoms with Crippen molar-refractivity contribution in [2.45, 2.75) is 32.3 Å². The highest BCUT2D eigenvalue weighted by molar-refractivity contribution is 6.32. The third-order valence-corrected chi connectivity index (χ3v) is 5.60. The van der Waals surface area contributed by atoms with Crippen LogP contribution < -0.4 is 15.0 Å². The van der Waals surface area contributed by atoms with Crippen molar-refractivity contribution in [1.29, 1.82) is 0 Å². The van der Waals surface area contributed by atoms with Crippen LogP contribution in [0.3, 0.4) is 0 Å². The number of nitrogens with zero attached hydrogens (tertiary/aromatic N) is 3. The van der Waals surface area contributed by atoms with Gasteiger partial charge in [0.2, 0.25) is 0 Å². The first-order chi connectivity index (χ1) is 15.1. The Morgan fingerprint density at radius 1 is 1.00 bits per heavy atom. The molecule has 0 bridgehead atoms. The maximum Gasteiger partial charge on any atom is 0.265 e. The van der Waals surface area contributed by atoms with E-state index in [1.165, 1.54) is 19.3 Å². The Morgan fingerprint density at radius 2 is 1.74 bits per heavy atom. The van der Waals surface area contributed by atoms with Gasteiger partial charge in [0.25, 0.3) is 5.91 Å². The summed E-state index contributed by atoms with van der Waals surface area (Å²) in [6.45, 7) is 3.77. The number of carbonyl (C=O) groups is 1. The summed E-state index contributed by atoms with van der Waals surface area (Å²) in [4.78, 5) is 14.7. The van der Waals surface area contributed by atoms with Gasteiger partial charge in [0.15, 0.2) is 11.9 Å². The molecule has 3 aromatic rings. The Labute approximate surface area is 187 Å². The number of rotatable bonds is 6. The molecule has 1 aromatic heterocycles. The van der Waals surface area contributed by atoms with Gasteiger partial charge in [0, 0.05) is 24.3 Å². The van der Waals surface area contributed by atoms with Gasteiger partial charge in [-0.15, -0.1) is 10.2 Å². The SMILES string of the molecule is CC(Oc1ccccc1Cl)C(=O)Nc1ccc(-c2ccc(N3CCCCC3)nn2)cc1. The van der Waals surface area contributed by atoms with E-state index in [0.29, 0.717) is 16.5 Å². The molecule has 1 N–H and O–H groups in total. The minimum atomic E-state index is -0.687. The van der Waals surface area contributed by atoms with Crippen molar-refractivity contribution in [3.63, 3.8) is 0 Å². The molecule has 0 spiro atoms. The van der Waals surface area contributed by atoms with E-state index < -0.39 is 6.10 Å². The number of benzene rings is 2. The van der Waals surface area contributed by atoms with Crippen molar-refractivity contribution in [1.82, 2.24) is 10.2 Å². The molecule has 1 aliphatic rings. The monoisotopic (exact) mass is 436 g/mol. The van der Waals surface area contributed by atoms with Crippen molar-refractivity contribution < 1.29 is 9.53 Å². The maximum atomic E-state index is 12.5. The van der Waals surface area contributed by atoms with Crippen LogP contribution in [0.15, 0.2) is 60.7 Å². The summed E-state index contributed by atoms with van der Waals surface area (Å²) < 4.78 is 5.67. The van der Waals surface area contributed by atoms with Crippen LogP contribution in [0, 0.1) is 0 Å². The molecule has 0 aliphatic carbocycles. The number of nitrogens with one attached hydrogen (secondary N) is 1. The Hall–Kier alpha value is -3.12. The second-order valence-corrected chi connectivity index (χ2v) is 7.99. The molecule has 2 heterocycles. The predicted molar refractivity (Wildman–Crippen MR) is 124 cm³/mol. The van der Waals surface area contributed by atoms with E-state index in [2.05, 4.69) is 20.4 Å². The molecule has 7 heteroatoms. The molecule has 1 unspecified atom stereocenters. The van der Waals surface area contributed by atoms with E-state index in [-0.39, 0.29) is 5.91 Å². The highest BCUT2D eigenvalue weighted by Crippen LogP contribution is 2.25. The van der Waals surface area contributed by atoms with Crippen LogP contribution in [0.1, 0.15) is 26.2 Å². The fourth-order valence-corrected chi connectivity index (χ4v) is 3.70. The zero-order valence-electron chi connectivity index (χ0n) is 17.4. The molecule has 4 rings (SSSR count). The predicted octanol–water partition coefficient (Wildman–Crippen LogP) is 5.19. The Morgan fingerprint density at radius 3 is 2.42 bits per heavy atom. The van der Waals surface area contributed by atoms with Crippen LogP contribution in [0.2, 0.25) is 5.02 Å². The first kappa shape index (κ1) is 21.1. The first-order valence-electron chi connectivity index (χ1n) is 10.5. The highest BCUT2D eigenvalue weighted by atomic mass is 35.5. The lowest BCUT2D eigenvalue weighted by Gasteiger charge is -2.27. The summed E-state index contributed by atoms with van der Waals surface area (Å²) in [5.74, 6) is 1.16. The van der Waals surface area contributed by atoms with Gasteiger partial charge in [-0.05, 0) is 62.6 Å². The molecule has 2 aromatic carbocycles. The highest BCUT2D eigenvalue weighted by Gasteiger charge is 2.16. The maximum absolute atomic E-state index is 12.5. The number of amides is 1. The normalized spacial score (nSPS) is 14.7. The molecular weight excluding hydrogens is 412 g/mol. The number of hydrogen-bond acceptors (Lipinski definition) is 5. The average molecular weight is 437 g/mol. The van der Waals surface area contributed by atoms with Gasteiger partial charge in [-0.3, -0.25) is 4.79 Å². The van der Waals surface area contributed by atoms with Gasteiger partial charge >= 0.3 is 0 Å². The van der Waals surface area contributed by atoms with Gasteiger partial charge in [0.1, 0.15) is 5.75 Å². The summed E-state index contributed by atoms with van der Waals surface area (Å²) in [5.41, 5.74) is 2.42. The Bertz CT molecular complexity index is 1020. The summed E-state index contributed by atoms with van der Waals surface area (Å²) in [6, 6.07) is 18.6. The average Bonchev–Trinajstić information content (AvgIpc) is 2.82. The van der Waals surface area contributed by atoms with Crippen LogP contribution in [0.5, 0.6) is 5.75 Å². The van der Waals surface area contributed by atoms with E-state index in [4.69, 9.17) is 16.3 Å². The Balaban J connectivity index is 1.36. The summed E-state index contributed by atoms with van der Waals surface area (Å²) >= 11 is 6.09. The fraction of sp³-hybridized carbons (Fsp3) is 0.292. The number of ether oxygens (including phenoxy) is 1. The lowest BCUT2D eigenvalue weighted by Crippen LogP contribution is -2.30. The van der Waals surface area contributed by atoms with Gasteiger partial charge in [-0.1, -0.05) is 35.9 Å². The van der Waals surface area contributed by atoms with E-state index in [9.17, 15) is 4.79 Å². The Kier molecular flexibility index (Phi) is 6.67. The lowest BCUT2D eigenvalue weighted by molar-refractivity contribution is -0.122. The van der Waals surface area contributed by atoms with Crippen molar-refractivity contribution >= 4 is 29.0 Å². The van der Waals surface area contributed by atoms with Gasteiger partial charge in [-0.2, -0.15) is 0 Å². The number of piperidine rings is 1. The van der Waals surface area contributed by atoms with Crippen LogP contribution in [0.25, 0.3) is 11.3 Å². The molecule has 160 valence electrons. The van der Waals surface area contributed by atoms with Gasteiger partial charge in [-0.25, -0.2) is 0 Å². The number of carbonyl (C=O) groups excluding carboxylic acids is 1. The molecule has 1 atom stereocenters. The molecule has 31 heavy (non-hydrogen) atoms. The van der Waals surface area contributed by atoms with Crippen LogP contribution in [0.4, 0.5) is 11.5 Å². The van der Waals surface area contributed by atoms with Crippen molar-refractivity contribution in [2.24, 2.45) is 0 Å². The van der Waals surface area contributed by atoms with Crippen molar-refractivity contribution in [2.75, 3.05) is 23.3 Å². The quantitative estimate of drug-likeness (QED) is 0.575. The van der Waals surface area contributed by atoms with Crippen molar-refractivity contribution in [3.05, 3.63) is 65.7 Å². The van der Waals surface area contributed by atoms with Crippen LogP contribution in [-0.4, -0.2) is 35.3 Å². The van der Waals surface area contributed by atoms with Crippen LogP contribution in [-0.2, 0) is 4.79 Å². The molecule has 6 nitrogen and oxygen atoms in total. The molecule has 1 aliphatic heterocycles. The second kappa shape index (κ2) is 9.79. The summed E-state index contributed by atoms with van der Waals surface area (Å²) in [7, 11) is 0. The number of aromatic nitrogens is 2. The smallest absolute Gasteiger partial charge is 0.265 e. The molecule has 1 fully saturated rings.